The van der Waals surface area contributed by atoms with Crippen LogP contribution in [0.2, 0.25) is 0 Å². The zero-order valence-corrected chi connectivity index (χ0v) is 16.3. The number of methoxy groups -OCH3 is 1. The maximum Gasteiger partial charge on any atom is 0.274 e. The zero-order chi connectivity index (χ0) is 19.7. The molecule has 1 aliphatic rings. The molecule has 1 amide bonds. The molecule has 0 radical (unpaired) electrons. The van der Waals surface area contributed by atoms with Crippen LogP contribution >= 0.6 is 0 Å². The Bertz CT molecular complexity index is 963. The summed E-state index contributed by atoms with van der Waals surface area (Å²) in [5.41, 5.74) is 3.05. The van der Waals surface area contributed by atoms with Gasteiger partial charge in [-0.2, -0.15) is 0 Å². The quantitative estimate of drug-likeness (QED) is 0.736. The third kappa shape index (κ3) is 3.57. The van der Waals surface area contributed by atoms with Crippen molar-refractivity contribution in [3.8, 4) is 11.4 Å². The van der Waals surface area contributed by atoms with Crippen LogP contribution in [0.1, 0.15) is 27.6 Å². The number of nitrogens with zero attached hydrogens (tertiary/aromatic N) is 3. The van der Waals surface area contributed by atoms with Crippen molar-refractivity contribution in [1.82, 2.24) is 20.0 Å². The van der Waals surface area contributed by atoms with Crippen molar-refractivity contribution in [3.63, 3.8) is 0 Å². The van der Waals surface area contributed by atoms with Gasteiger partial charge in [0.15, 0.2) is 0 Å². The minimum atomic E-state index is -0.0748. The number of carbonyl (C=O) groups excluding carboxylic acids is 1. The second kappa shape index (κ2) is 7.59. The molecule has 7 nitrogen and oxygen atoms in total. The van der Waals surface area contributed by atoms with E-state index < -0.39 is 0 Å². The molecule has 2 atom stereocenters. The van der Waals surface area contributed by atoms with Gasteiger partial charge in [-0.3, -0.25) is 4.79 Å². The third-order valence-electron chi connectivity index (χ3n) is 5.25. The number of rotatable bonds is 5. The molecule has 1 aliphatic heterocycles. The van der Waals surface area contributed by atoms with Crippen LogP contribution in [0.5, 0.6) is 0 Å². The van der Waals surface area contributed by atoms with Gasteiger partial charge in [0.05, 0.1) is 11.8 Å². The highest BCUT2D eigenvalue weighted by molar-refractivity contribution is 5.94. The van der Waals surface area contributed by atoms with E-state index in [0.717, 1.165) is 22.7 Å². The highest BCUT2D eigenvalue weighted by Crippen LogP contribution is 2.26. The number of ether oxygens (including phenoxy) is 1. The normalized spacial score (nSPS) is 19.3. The summed E-state index contributed by atoms with van der Waals surface area (Å²) in [6, 6.07) is 11.7. The van der Waals surface area contributed by atoms with E-state index in [1.807, 2.05) is 55.1 Å². The molecule has 1 N–H and O–H groups in total. The van der Waals surface area contributed by atoms with Gasteiger partial charge in [0, 0.05) is 49.9 Å². The van der Waals surface area contributed by atoms with E-state index >= 15 is 0 Å². The van der Waals surface area contributed by atoms with Gasteiger partial charge in [0.1, 0.15) is 17.3 Å². The lowest BCUT2D eigenvalue weighted by Crippen LogP contribution is -2.30. The monoisotopic (exact) mass is 380 g/mol. The Morgan fingerprint density at radius 1 is 1.29 bits per heavy atom. The maximum atomic E-state index is 13.1. The van der Waals surface area contributed by atoms with Gasteiger partial charge >= 0.3 is 0 Å². The molecule has 1 aromatic carbocycles. The third-order valence-corrected chi connectivity index (χ3v) is 5.25. The van der Waals surface area contributed by atoms with Crippen molar-refractivity contribution in [1.29, 1.82) is 0 Å². The highest BCUT2D eigenvalue weighted by atomic mass is 16.5. The summed E-state index contributed by atoms with van der Waals surface area (Å²) in [4.78, 5) is 22.8. The molecule has 4 rings (SSSR count). The Labute approximate surface area is 163 Å². The number of aromatic amines is 1. The minimum Gasteiger partial charge on any atom is -0.379 e. The summed E-state index contributed by atoms with van der Waals surface area (Å²) in [5.74, 6) is 1.61. The number of hydrogen-bond donors (Lipinski definition) is 1. The van der Waals surface area contributed by atoms with Gasteiger partial charge in [-0.1, -0.05) is 35.5 Å². The molecule has 3 aromatic rings. The predicted molar refractivity (Wildman–Crippen MR) is 104 cm³/mol. The fourth-order valence-corrected chi connectivity index (χ4v) is 3.79. The molecule has 7 heteroatoms. The second-order valence-electron chi connectivity index (χ2n) is 7.31. The van der Waals surface area contributed by atoms with Crippen LogP contribution < -0.4 is 0 Å². The standard InChI is InChI=1S/C21H24N4O3/c1-13-9-17(28-24-13)10-16-11-25(12-18(16)27-3)21(26)19-14(2)22-20(23-19)15-7-5-4-6-8-15/h4-9,16,18H,10-12H2,1-3H3,(H,22,23)/t16-,18+/m1/s1. The fraction of sp³-hybridized carbons (Fsp3) is 0.381. The van der Waals surface area contributed by atoms with E-state index in [1.165, 1.54) is 0 Å². The van der Waals surface area contributed by atoms with Crippen molar-refractivity contribution >= 4 is 5.91 Å². The first-order chi connectivity index (χ1) is 13.5. The maximum absolute atomic E-state index is 13.1. The SMILES string of the molecule is CO[C@H]1CN(C(=O)c2nc(-c3ccccc3)[nH]c2C)C[C@H]1Cc1cc(C)no1. The second-order valence-corrected chi connectivity index (χ2v) is 7.31. The Balaban J connectivity index is 1.51. The number of aromatic nitrogens is 3. The lowest BCUT2D eigenvalue weighted by Gasteiger charge is -2.14. The first-order valence-electron chi connectivity index (χ1n) is 9.41. The molecule has 2 aromatic heterocycles. The molecule has 0 spiro atoms. The number of amides is 1. The van der Waals surface area contributed by atoms with Crippen LogP contribution in [0, 0.1) is 19.8 Å². The largest absolute Gasteiger partial charge is 0.379 e. The number of nitrogens with one attached hydrogen (secondary N) is 1. The molecule has 0 unspecified atom stereocenters. The minimum absolute atomic E-state index is 0.0396. The summed E-state index contributed by atoms with van der Waals surface area (Å²) < 4.78 is 11.0. The molecule has 146 valence electrons. The summed E-state index contributed by atoms with van der Waals surface area (Å²) in [6.45, 7) is 4.92. The van der Waals surface area contributed by atoms with Crippen molar-refractivity contribution in [2.24, 2.45) is 5.92 Å². The smallest absolute Gasteiger partial charge is 0.274 e. The number of hydrogen-bond acceptors (Lipinski definition) is 5. The van der Waals surface area contributed by atoms with E-state index in [-0.39, 0.29) is 17.9 Å². The Morgan fingerprint density at radius 2 is 2.07 bits per heavy atom. The van der Waals surface area contributed by atoms with Crippen molar-refractivity contribution in [2.45, 2.75) is 26.4 Å². The van der Waals surface area contributed by atoms with Gasteiger partial charge in [0.25, 0.3) is 5.91 Å². The van der Waals surface area contributed by atoms with E-state index in [0.29, 0.717) is 31.0 Å². The van der Waals surface area contributed by atoms with Crippen LogP contribution in [-0.2, 0) is 11.2 Å². The molecular formula is C21H24N4O3. The van der Waals surface area contributed by atoms with E-state index in [9.17, 15) is 4.79 Å². The number of aryl methyl sites for hydroxylation is 2. The molecular weight excluding hydrogens is 356 g/mol. The molecule has 1 saturated heterocycles. The Morgan fingerprint density at radius 3 is 2.75 bits per heavy atom. The molecule has 0 bridgehead atoms. The van der Waals surface area contributed by atoms with Gasteiger partial charge in [-0.05, 0) is 13.8 Å². The van der Waals surface area contributed by atoms with Crippen molar-refractivity contribution in [2.75, 3.05) is 20.2 Å². The predicted octanol–water partition coefficient (Wildman–Crippen LogP) is 3.01. The van der Waals surface area contributed by atoms with Crippen LogP contribution in [0.4, 0.5) is 0 Å². The van der Waals surface area contributed by atoms with Gasteiger partial charge in [-0.15, -0.1) is 0 Å². The van der Waals surface area contributed by atoms with Crippen LogP contribution in [0.15, 0.2) is 40.9 Å². The van der Waals surface area contributed by atoms with Gasteiger partial charge in [0.2, 0.25) is 0 Å². The first kappa shape index (κ1) is 18.4. The molecule has 28 heavy (non-hydrogen) atoms. The van der Waals surface area contributed by atoms with Crippen LogP contribution in [0.25, 0.3) is 11.4 Å². The lowest BCUT2D eigenvalue weighted by molar-refractivity contribution is 0.0669. The van der Waals surface area contributed by atoms with E-state index in [4.69, 9.17) is 9.26 Å². The number of carbonyl (C=O) groups is 1. The van der Waals surface area contributed by atoms with Crippen LogP contribution in [0.3, 0.4) is 0 Å². The van der Waals surface area contributed by atoms with E-state index in [1.54, 1.807) is 7.11 Å². The highest BCUT2D eigenvalue weighted by Gasteiger charge is 2.37. The number of likely N-dealkylation sites (tertiary alicyclic amines) is 1. The average Bonchev–Trinajstić information content (AvgIpc) is 3.41. The number of benzene rings is 1. The molecule has 3 heterocycles. The van der Waals surface area contributed by atoms with Crippen LogP contribution in [-0.4, -0.2) is 52.2 Å². The summed E-state index contributed by atoms with van der Waals surface area (Å²) >= 11 is 0. The average molecular weight is 380 g/mol. The number of H-pyrrole nitrogens is 1. The molecule has 0 saturated carbocycles. The number of imidazole rings is 1. The van der Waals surface area contributed by atoms with Crippen molar-refractivity contribution < 1.29 is 14.1 Å². The Hall–Kier alpha value is -2.93. The zero-order valence-electron chi connectivity index (χ0n) is 16.3. The Kier molecular flexibility index (Phi) is 5.00. The van der Waals surface area contributed by atoms with Gasteiger partial charge in [-0.25, -0.2) is 4.98 Å². The summed E-state index contributed by atoms with van der Waals surface area (Å²) in [6.07, 6.45) is 0.653. The van der Waals surface area contributed by atoms with Gasteiger partial charge < -0.3 is 19.1 Å². The molecule has 0 aliphatic carbocycles. The van der Waals surface area contributed by atoms with E-state index in [2.05, 4.69) is 15.1 Å². The lowest BCUT2D eigenvalue weighted by atomic mass is 10.0. The van der Waals surface area contributed by atoms with Crippen molar-refractivity contribution in [3.05, 3.63) is 59.2 Å². The summed E-state index contributed by atoms with van der Waals surface area (Å²) in [7, 11) is 1.69. The molecule has 1 fully saturated rings. The fourth-order valence-electron chi connectivity index (χ4n) is 3.79. The summed E-state index contributed by atoms with van der Waals surface area (Å²) in [5, 5.41) is 3.94. The first-order valence-corrected chi connectivity index (χ1v) is 9.41. The topological polar surface area (TPSA) is 84.2 Å².